The molecule has 7 unspecified atom stereocenters. The quantitative estimate of drug-likeness (QED) is 0.0960. The van der Waals surface area contributed by atoms with Crippen LogP contribution in [0.5, 0.6) is 0 Å². The van der Waals surface area contributed by atoms with Crippen molar-refractivity contribution in [1.29, 1.82) is 0 Å². The van der Waals surface area contributed by atoms with Gasteiger partial charge in [-0.25, -0.2) is 0 Å². The van der Waals surface area contributed by atoms with Crippen molar-refractivity contribution < 1.29 is 69.0 Å². The van der Waals surface area contributed by atoms with Crippen molar-refractivity contribution in [2.75, 3.05) is 19.7 Å². The summed E-state index contributed by atoms with van der Waals surface area (Å²) in [5.41, 5.74) is 30.2. The van der Waals surface area contributed by atoms with Gasteiger partial charge >= 0.3 is 0 Å². The number of carbonyl (C=O) groups excluding carboxylic acids is 1. The molecule has 0 radical (unpaired) electrons. The van der Waals surface area contributed by atoms with Gasteiger partial charge in [-0.15, -0.1) is 0 Å². The highest BCUT2D eigenvalue weighted by atomic mass is 16.8. The molecule has 0 spiro atoms. The minimum Gasteiger partial charge on any atom is -0.394 e. The van der Waals surface area contributed by atoms with Crippen LogP contribution in [0.3, 0.4) is 0 Å². The molecular formula is C27H52N6O14. The van der Waals surface area contributed by atoms with E-state index in [2.05, 4.69) is 5.32 Å². The molecule has 3 saturated heterocycles. The van der Waals surface area contributed by atoms with Crippen LogP contribution in [0.25, 0.3) is 0 Å². The second-order valence-electron chi connectivity index (χ2n) is 12.9. The first kappa shape index (κ1) is 38.6. The van der Waals surface area contributed by atoms with Crippen molar-refractivity contribution in [2.24, 2.45) is 34.6 Å². The minimum atomic E-state index is -1.65. The van der Waals surface area contributed by atoms with Crippen LogP contribution in [0.4, 0.5) is 0 Å². The first-order valence-corrected chi connectivity index (χ1v) is 15.7. The van der Waals surface area contributed by atoms with E-state index in [1.165, 1.54) is 0 Å². The van der Waals surface area contributed by atoms with Gasteiger partial charge in [0.15, 0.2) is 18.9 Å². The fraction of sp³-hybridized carbons (Fsp3) is 0.963. The van der Waals surface area contributed by atoms with E-state index in [4.69, 9.17) is 57.1 Å². The molecule has 1 amide bonds. The third-order valence-corrected chi connectivity index (χ3v) is 9.14. The summed E-state index contributed by atoms with van der Waals surface area (Å²) in [5, 5.41) is 76.7. The molecule has 1 aliphatic carbocycles. The molecule has 0 bridgehead atoms. The molecule has 20 nitrogen and oxygen atoms in total. The van der Waals surface area contributed by atoms with Crippen LogP contribution in [0.15, 0.2) is 0 Å². The zero-order chi connectivity index (χ0) is 34.9. The summed E-state index contributed by atoms with van der Waals surface area (Å²) in [6.45, 7) is 2.32. The fourth-order valence-corrected chi connectivity index (χ4v) is 6.12. The summed E-state index contributed by atoms with van der Waals surface area (Å²) in [7, 11) is 0. The number of nitrogens with two attached hydrogens (primary N) is 5. The van der Waals surface area contributed by atoms with Crippen molar-refractivity contribution in [3.8, 4) is 0 Å². The van der Waals surface area contributed by atoms with Gasteiger partial charge in [-0.1, -0.05) is 13.8 Å². The Morgan fingerprint density at radius 1 is 0.702 bits per heavy atom. The van der Waals surface area contributed by atoms with Crippen molar-refractivity contribution >= 4 is 5.91 Å². The summed E-state index contributed by atoms with van der Waals surface area (Å²) in [4.78, 5) is 12.1. The predicted octanol–water partition coefficient (Wildman–Crippen LogP) is -8.08. The van der Waals surface area contributed by atoms with Crippen LogP contribution in [0.1, 0.15) is 20.3 Å². The molecule has 0 aromatic heterocycles. The number of hydrogen-bond acceptors (Lipinski definition) is 19. The molecule has 4 aliphatic rings. The highest BCUT2D eigenvalue weighted by Crippen LogP contribution is 2.34. The normalized spacial score (nSPS) is 49.3. The van der Waals surface area contributed by atoms with Crippen molar-refractivity contribution in [3.05, 3.63) is 0 Å². The third-order valence-electron chi connectivity index (χ3n) is 9.14. The van der Waals surface area contributed by atoms with Gasteiger partial charge in [-0.3, -0.25) is 4.79 Å². The summed E-state index contributed by atoms with van der Waals surface area (Å²) in [5.74, 6) is -0.673. The van der Waals surface area contributed by atoms with Gasteiger partial charge < -0.3 is 98.2 Å². The Morgan fingerprint density at radius 2 is 1.21 bits per heavy atom. The zero-order valence-corrected chi connectivity index (χ0v) is 26.3. The molecule has 3 heterocycles. The summed E-state index contributed by atoms with van der Waals surface area (Å²) < 4.78 is 35.1. The van der Waals surface area contributed by atoms with Gasteiger partial charge in [0.05, 0.1) is 24.8 Å². The molecule has 47 heavy (non-hydrogen) atoms. The maximum absolute atomic E-state index is 12.1. The second-order valence-corrected chi connectivity index (χ2v) is 12.9. The van der Waals surface area contributed by atoms with Crippen LogP contribution in [-0.2, 0) is 33.2 Å². The minimum absolute atomic E-state index is 0.0715. The Kier molecular flexibility index (Phi) is 13.3. The molecule has 0 aromatic carbocycles. The van der Waals surface area contributed by atoms with E-state index >= 15 is 0 Å². The molecule has 18 N–H and O–H groups in total. The van der Waals surface area contributed by atoms with E-state index in [-0.39, 0.29) is 31.3 Å². The van der Waals surface area contributed by atoms with Crippen molar-refractivity contribution in [3.63, 3.8) is 0 Å². The Morgan fingerprint density at radius 3 is 1.77 bits per heavy atom. The molecule has 1 saturated carbocycles. The molecular weight excluding hydrogens is 632 g/mol. The Bertz CT molecular complexity index is 1020. The number of aliphatic hydroxyl groups is 7. The first-order chi connectivity index (χ1) is 22.1. The number of aliphatic hydroxyl groups excluding tert-OH is 7. The Hall–Kier alpha value is -1.25. The SMILES string of the molecule is CC(C)C(=O)NCC1O[C@H](OC2[C@@H](CO)O[C@@H](OC3[C@H](O[C@H]4OC(CN)[C@@H](O)[C@H](O)C4N)C(N)C[C@@H](N)[C@H]3O)[C@H]2O)[C@@H](N)C(O)[C@@H]1O. The smallest absolute Gasteiger partial charge is 0.222 e. The van der Waals surface area contributed by atoms with E-state index in [9.17, 15) is 40.5 Å². The largest absolute Gasteiger partial charge is 0.394 e. The number of hydrogen-bond donors (Lipinski definition) is 13. The van der Waals surface area contributed by atoms with E-state index in [1.807, 2.05) is 0 Å². The molecule has 274 valence electrons. The average molecular weight is 685 g/mol. The zero-order valence-electron chi connectivity index (χ0n) is 26.3. The lowest BCUT2D eigenvalue weighted by molar-refractivity contribution is -0.306. The van der Waals surface area contributed by atoms with Crippen LogP contribution >= 0.6 is 0 Å². The van der Waals surface area contributed by atoms with E-state index < -0.39 is 123 Å². The number of ether oxygens (including phenoxy) is 6. The summed E-state index contributed by atoms with van der Waals surface area (Å²) >= 11 is 0. The van der Waals surface area contributed by atoms with Crippen molar-refractivity contribution in [2.45, 2.75) is 137 Å². The summed E-state index contributed by atoms with van der Waals surface area (Å²) in [6.07, 6.45) is -20.5. The monoisotopic (exact) mass is 684 g/mol. The van der Waals surface area contributed by atoms with E-state index in [1.54, 1.807) is 13.8 Å². The van der Waals surface area contributed by atoms with Crippen LogP contribution in [0, 0.1) is 5.92 Å². The average Bonchev–Trinajstić information content (AvgIpc) is 3.33. The maximum atomic E-state index is 12.1. The van der Waals surface area contributed by atoms with Gasteiger partial charge in [0.1, 0.15) is 67.1 Å². The van der Waals surface area contributed by atoms with Gasteiger partial charge in [0, 0.05) is 31.1 Å². The molecule has 4 fully saturated rings. The van der Waals surface area contributed by atoms with E-state index in [0.29, 0.717) is 0 Å². The third kappa shape index (κ3) is 8.22. The van der Waals surface area contributed by atoms with Crippen LogP contribution < -0.4 is 34.0 Å². The Labute approximate surface area is 271 Å². The molecule has 3 aliphatic heterocycles. The molecule has 4 rings (SSSR count). The fourth-order valence-electron chi connectivity index (χ4n) is 6.12. The second kappa shape index (κ2) is 16.2. The maximum Gasteiger partial charge on any atom is 0.222 e. The lowest BCUT2D eigenvalue weighted by Crippen LogP contribution is -2.68. The number of carbonyl (C=O) groups is 1. The van der Waals surface area contributed by atoms with E-state index in [0.717, 1.165) is 0 Å². The lowest BCUT2D eigenvalue weighted by atomic mass is 9.84. The molecule has 20 heteroatoms. The predicted molar refractivity (Wildman–Crippen MR) is 157 cm³/mol. The summed E-state index contributed by atoms with van der Waals surface area (Å²) in [6, 6.07) is -4.32. The number of rotatable bonds is 11. The number of amides is 1. The highest BCUT2D eigenvalue weighted by Gasteiger charge is 2.54. The number of nitrogens with one attached hydrogen (secondary N) is 1. The first-order valence-electron chi connectivity index (χ1n) is 15.7. The lowest BCUT2D eigenvalue weighted by Gasteiger charge is -2.47. The topological polar surface area (TPSA) is 356 Å². The van der Waals surface area contributed by atoms with Crippen LogP contribution in [-0.4, -0.2) is 178 Å². The Balaban J connectivity index is 1.48. The van der Waals surface area contributed by atoms with Gasteiger partial charge in [0.2, 0.25) is 5.91 Å². The molecule has 0 aromatic rings. The standard InChI is InChI=1S/C27H52N6O14/c1-7(2)24(41)33-5-11-17(37)19(39)14(32)26(43-11)46-22-12(6-34)44-27(20(22)40)47-23-15(35)8(29)3-9(30)21(23)45-25-13(31)18(38)16(36)10(4-28)42-25/h7-23,25-27,34-40H,3-6,28-32H2,1-2H3,(H,33,41)/t8-,9?,10?,11?,12-,13?,14+,15-,16-,17-,18-,19?,20+,21-,22?,23?,25-,26-,27+/m1/s1. The highest BCUT2D eigenvalue weighted by molar-refractivity contribution is 5.77. The van der Waals surface area contributed by atoms with Gasteiger partial charge in [-0.2, -0.15) is 0 Å². The molecule has 19 atom stereocenters. The van der Waals surface area contributed by atoms with Crippen molar-refractivity contribution in [1.82, 2.24) is 5.32 Å². The van der Waals surface area contributed by atoms with Gasteiger partial charge in [-0.05, 0) is 6.42 Å². The van der Waals surface area contributed by atoms with Gasteiger partial charge in [0.25, 0.3) is 0 Å². The van der Waals surface area contributed by atoms with Crippen LogP contribution in [0.2, 0.25) is 0 Å².